The van der Waals surface area contributed by atoms with Crippen molar-refractivity contribution in [3.63, 3.8) is 0 Å². The molecule has 0 saturated carbocycles. The molecule has 0 spiro atoms. The van der Waals surface area contributed by atoms with Crippen LogP contribution in [0.1, 0.15) is 33.6 Å². The lowest BCUT2D eigenvalue weighted by Crippen LogP contribution is -2.29. The molecule has 19 heavy (non-hydrogen) atoms. The zero-order valence-electron chi connectivity index (χ0n) is 11.6. The van der Waals surface area contributed by atoms with Crippen molar-refractivity contribution in [1.82, 2.24) is 15.1 Å². The van der Waals surface area contributed by atoms with Crippen LogP contribution in [0.25, 0.3) is 0 Å². The lowest BCUT2D eigenvalue weighted by Gasteiger charge is -2.18. The number of aromatic nitrogens is 2. The van der Waals surface area contributed by atoms with Crippen molar-refractivity contribution in [2.75, 3.05) is 24.2 Å². The highest BCUT2D eigenvalue weighted by molar-refractivity contribution is 8.01. The van der Waals surface area contributed by atoms with Gasteiger partial charge in [0.1, 0.15) is 0 Å². The summed E-state index contributed by atoms with van der Waals surface area (Å²) in [5, 5.41) is 12.3. The number of amides is 1. The zero-order chi connectivity index (χ0) is 13.9. The summed E-state index contributed by atoms with van der Waals surface area (Å²) in [6.07, 6.45) is 2.27. The van der Waals surface area contributed by atoms with Gasteiger partial charge in [-0.15, -0.1) is 10.2 Å². The zero-order valence-corrected chi connectivity index (χ0v) is 13.2. The number of hydrogen-bond acceptors (Lipinski definition) is 6. The van der Waals surface area contributed by atoms with E-state index in [0.29, 0.717) is 5.75 Å². The van der Waals surface area contributed by atoms with E-state index in [2.05, 4.69) is 36.3 Å². The second kappa shape index (κ2) is 6.09. The van der Waals surface area contributed by atoms with Crippen LogP contribution in [0.4, 0.5) is 5.13 Å². The van der Waals surface area contributed by atoms with Crippen LogP contribution in [0.5, 0.6) is 0 Å². The van der Waals surface area contributed by atoms with E-state index in [-0.39, 0.29) is 11.4 Å². The molecule has 2 rings (SSSR count). The van der Waals surface area contributed by atoms with Gasteiger partial charge in [0.25, 0.3) is 0 Å². The molecule has 1 aliphatic heterocycles. The van der Waals surface area contributed by atoms with Crippen LogP contribution in [0, 0.1) is 0 Å². The molecule has 0 aliphatic carbocycles. The predicted molar refractivity (Wildman–Crippen MR) is 79.8 cm³/mol. The van der Waals surface area contributed by atoms with Crippen LogP contribution in [-0.4, -0.2) is 45.4 Å². The number of carbonyl (C=O) groups is 1. The van der Waals surface area contributed by atoms with Crippen LogP contribution >= 0.6 is 23.1 Å². The van der Waals surface area contributed by atoms with Crippen molar-refractivity contribution < 1.29 is 4.79 Å². The van der Waals surface area contributed by atoms with Crippen molar-refractivity contribution in [3.05, 3.63) is 0 Å². The molecule has 1 fully saturated rings. The molecule has 2 heterocycles. The fourth-order valence-corrected chi connectivity index (χ4v) is 3.68. The fourth-order valence-electron chi connectivity index (χ4n) is 1.82. The number of thioether (sulfide) groups is 1. The molecule has 1 aromatic heterocycles. The van der Waals surface area contributed by atoms with Crippen molar-refractivity contribution in [3.8, 4) is 0 Å². The molecule has 106 valence electrons. The summed E-state index contributed by atoms with van der Waals surface area (Å²) in [7, 11) is 0. The molecule has 1 aromatic rings. The molecule has 5 nitrogen and oxygen atoms in total. The second-order valence-electron chi connectivity index (χ2n) is 5.62. The predicted octanol–water partition coefficient (Wildman–Crippen LogP) is 2.46. The molecule has 0 unspecified atom stereocenters. The number of nitrogens with zero attached hydrogens (tertiary/aromatic N) is 3. The Bertz CT molecular complexity index is 435. The Hall–Kier alpha value is -0.820. The van der Waals surface area contributed by atoms with Crippen molar-refractivity contribution >= 4 is 34.1 Å². The first kappa shape index (κ1) is 14.6. The third kappa shape index (κ3) is 4.65. The maximum absolute atomic E-state index is 11.9. The summed E-state index contributed by atoms with van der Waals surface area (Å²) in [6.45, 7) is 8.06. The van der Waals surface area contributed by atoms with E-state index in [9.17, 15) is 4.79 Å². The van der Waals surface area contributed by atoms with E-state index >= 15 is 0 Å². The maximum Gasteiger partial charge on any atom is 0.233 e. The second-order valence-corrected chi connectivity index (χ2v) is 7.82. The minimum absolute atomic E-state index is 0.0210. The van der Waals surface area contributed by atoms with E-state index < -0.39 is 0 Å². The first-order valence-electron chi connectivity index (χ1n) is 6.46. The third-order valence-corrected chi connectivity index (χ3v) is 4.62. The van der Waals surface area contributed by atoms with Gasteiger partial charge in [-0.25, -0.2) is 0 Å². The molecule has 1 N–H and O–H groups in total. The number of carbonyl (C=O) groups excluding carboxylic acids is 1. The average molecular weight is 300 g/mol. The third-order valence-electron chi connectivity index (χ3n) is 2.67. The van der Waals surface area contributed by atoms with Gasteiger partial charge >= 0.3 is 0 Å². The Balaban J connectivity index is 1.81. The van der Waals surface area contributed by atoms with E-state index in [1.807, 2.05) is 4.90 Å². The van der Waals surface area contributed by atoms with E-state index in [1.165, 1.54) is 23.1 Å². The largest absolute Gasteiger partial charge is 0.355 e. The van der Waals surface area contributed by atoms with Gasteiger partial charge in [0.2, 0.25) is 11.0 Å². The summed E-state index contributed by atoms with van der Waals surface area (Å²) in [6, 6.07) is 0. The topological polar surface area (TPSA) is 58.1 Å². The van der Waals surface area contributed by atoms with Crippen LogP contribution in [0.3, 0.4) is 0 Å². The van der Waals surface area contributed by atoms with Gasteiger partial charge in [0.05, 0.1) is 5.75 Å². The Morgan fingerprint density at radius 1 is 1.37 bits per heavy atom. The molecule has 7 heteroatoms. The van der Waals surface area contributed by atoms with E-state index in [0.717, 1.165) is 35.4 Å². The highest BCUT2D eigenvalue weighted by Crippen LogP contribution is 2.27. The van der Waals surface area contributed by atoms with Gasteiger partial charge in [-0.05, 0) is 33.6 Å². The molecule has 1 saturated heterocycles. The Labute approximate surface area is 122 Å². The van der Waals surface area contributed by atoms with Crippen LogP contribution in [0.2, 0.25) is 0 Å². The van der Waals surface area contributed by atoms with Crippen LogP contribution in [-0.2, 0) is 4.79 Å². The smallest absolute Gasteiger partial charge is 0.233 e. The van der Waals surface area contributed by atoms with E-state index in [1.54, 1.807) is 0 Å². The number of rotatable bonds is 4. The molecule has 1 aliphatic rings. The Morgan fingerprint density at radius 3 is 2.68 bits per heavy atom. The summed E-state index contributed by atoms with van der Waals surface area (Å²) in [5.41, 5.74) is -0.0210. The minimum Gasteiger partial charge on any atom is -0.355 e. The average Bonchev–Trinajstić information content (AvgIpc) is 2.94. The molecular formula is C12H20N4OS2. The molecule has 0 atom stereocenters. The van der Waals surface area contributed by atoms with E-state index in [4.69, 9.17) is 0 Å². The maximum atomic E-state index is 11.9. The van der Waals surface area contributed by atoms with Crippen molar-refractivity contribution in [2.24, 2.45) is 0 Å². The fraction of sp³-hybridized carbons (Fsp3) is 0.750. The quantitative estimate of drug-likeness (QED) is 0.866. The van der Waals surface area contributed by atoms with Crippen molar-refractivity contribution in [1.29, 1.82) is 0 Å². The van der Waals surface area contributed by atoms with Crippen LogP contribution in [0.15, 0.2) is 4.34 Å². The Morgan fingerprint density at radius 2 is 2.05 bits per heavy atom. The number of hydrogen-bond donors (Lipinski definition) is 1. The minimum atomic E-state index is -0.0210. The molecule has 0 aromatic carbocycles. The first-order chi connectivity index (χ1) is 8.94. The van der Waals surface area contributed by atoms with Gasteiger partial charge in [-0.3, -0.25) is 4.79 Å². The number of likely N-dealkylation sites (tertiary alicyclic amines) is 1. The first-order valence-corrected chi connectivity index (χ1v) is 8.26. The monoisotopic (exact) mass is 300 g/mol. The highest BCUT2D eigenvalue weighted by atomic mass is 32.2. The summed E-state index contributed by atoms with van der Waals surface area (Å²) >= 11 is 2.98. The normalized spacial score (nSPS) is 15.8. The summed E-state index contributed by atoms with van der Waals surface area (Å²) < 4.78 is 0.847. The SMILES string of the molecule is CC(C)(C)Nc1nnc(SCC(=O)N2CCCC2)s1. The van der Waals surface area contributed by atoms with Gasteiger partial charge in [-0.2, -0.15) is 0 Å². The molecule has 0 bridgehead atoms. The van der Waals surface area contributed by atoms with Gasteiger partial charge in [0.15, 0.2) is 4.34 Å². The lowest BCUT2D eigenvalue weighted by atomic mass is 10.1. The summed E-state index contributed by atoms with van der Waals surface area (Å²) in [5.74, 6) is 0.674. The van der Waals surface area contributed by atoms with Gasteiger partial charge in [-0.1, -0.05) is 23.1 Å². The van der Waals surface area contributed by atoms with Crippen LogP contribution < -0.4 is 5.32 Å². The van der Waals surface area contributed by atoms with Gasteiger partial charge < -0.3 is 10.2 Å². The Kier molecular flexibility index (Phi) is 4.67. The van der Waals surface area contributed by atoms with Gasteiger partial charge in [0, 0.05) is 18.6 Å². The number of nitrogens with one attached hydrogen (secondary N) is 1. The number of anilines is 1. The molecule has 1 amide bonds. The lowest BCUT2D eigenvalue weighted by molar-refractivity contribution is -0.127. The molecular weight excluding hydrogens is 280 g/mol. The standard InChI is InChI=1S/C12H20N4OS2/c1-12(2,3)13-10-14-15-11(19-10)18-8-9(17)16-6-4-5-7-16/h4-8H2,1-3H3,(H,13,14). The highest BCUT2D eigenvalue weighted by Gasteiger charge is 2.19. The van der Waals surface area contributed by atoms with Crippen molar-refractivity contribution in [2.45, 2.75) is 43.5 Å². The summed E-state index contributed by atoms with van der Waals surface area (Å²) in [4.78, 5) is 13.8. The molecule has 0 radical (unpaired) electrons.